The number of anilines is 2. The first-order valence-corrected chi connectivity index (χ1v) is 9.04. The van der Waals surface area contributed by atoms with Gasteiger partial charge in [-0.25, -0.2) is 13.4 Å². The van der Waals surface area contributed by atoms with Gasteiger partial charge < -0.3 is 10.4 Å². The van der Waals surface area contributed by atoms with Crippen molar-refractivity contribution in [2.45, 2.75) is 23.6 Å². The predicted octanol–water partition coefficient (Wildman–Crippen LogP) is 2.79. The molecule has 0 bridgehead atoms. The number of rotatable bonds is 5. The molecule has 0 aliphatic heterocycles. The van der Waals surface area contributed by atoms with Crippen molar-refractivity contribution in [2.75, 3.05) is 10.0 Å². The Bertz CT molecular complexity index is 951. The predicted molar refractivity (Wildman–Crippen MR) is 91.8 cm³/mol. The van der Waals surface area contributed by atoms with Crippen LogP contribution in [0.2, 0.25) is 5.02 Å². The van der Waals surface area contributed by atoms with Crippen molar-refractivity contribution in [1.82, 2.24) is 4.98 Å². The summed E-state index contributed by atoms with van der Waals surface area (Å²) >= 11 is 5.86. The van der Waals surface area contributed by atoms with E-state index in [2.05, 4.69) is 9.71 Å². The highest BCUT2D eigenvalue weighted by Crippen LogP contribution is 2.32. The van der Waals surface area contributed by atoms with E-state index in [0.29, 0.717) is 0 Å². The van der Waals surface area contributed by atoms with Crippen LogP contribution < -0.4 is 10.0 Å². The molecular formula is C15H13ClF3N3O4S. The molecule has 7 nitrogen and oxygen atoms in total. The summed E-state index contributed by atoms with van der Waals surface area (Å²) in [6.45, 7) is 0.284. The molecule has 2 aromatic rings. The zero-order valence-electron chi connectivity index (χ0n) is 13.6. The van der Waals surface area contributed by atoms with Gasteiger partial charge in [0.05, 0.1) is 15.6 Å². The summed E-state index contributed by atoms with van der Waals surface area (Å²) in [6.07, 6.45) is -3.84. The average molecular weight is 424 g/mol. The van der Waals surface area contributed by atoms with Crippen molar-refractivity contribution >= 4 is 39.0 Å². The van der Waals surface area contributed by atoms with E-state index in [-0.39, 0.29) is 28.3 Å². The molecule has 0 radical (unpaired) electrons. The minimum absolute atomic E-state index is 0.0484. The van der Waals surface area contributed by atoms with Gasteiger partial charge in [0, 0.05) is 6.20 Å². The standard InChI is InChI=1S/C15H13ClF3N3O4S/c1-14(24,15(17,18)19)13(23)21-11-6-5-9(8-10(11)16)27(25,26)22-12-4-2-3-7-20-12/h2-8,24H,1H3,(H,20,22)(H,21,23). The van der Waals surface area contributed by atoms with Crippen molar-refractivity contribution in [3.63, 3.8) is 0 Å². The SMILES string of the molecule is CC(O)(C(=O)Nc1ccc(S(=O)(=O)Nc2ccccn2)cc1Cl)C(F)(F)F. The van der Waals surface area contributed by atoms with E-state index >= 15 is 0 Å². The van der Waals surface area contributed by atoms with E-state index in [4.69, 9.17) is 11.6 Å². The third kappa shape index (κ3) is 4.67. The van der Waals surface area contributed by atoms with Crippen LogP contribution in [0.1, 0.15) is 6.92 Å². The number of hydrogen-bond acceptors (Lipinski definition) is 5. The zero-order valence-corrected chi connectivity index (χ0v) is 15.2. The largest absolute Gasteiger partial charge is 0.426 e. The number of carbonyl (C=O) groups excluding carboxylic acids is 1. The molecule has 0 aliphatic carbocycles. The fourth-order valence-corrected chi connectivity index (χ4v) is 3.08. The minimum Gasteiger partial charge on any atom is -0.373 e. The van der Waals surface area contributed by atoms with Gasteiger partial charge in [-0.05, 0) is 37.3 Å². The number of nitrogens with zero attached hydrogens (tertiary/aromatic N) is 1. The molecule has 0 spiro atoms. The molecule has 12 heteroatoms. The summed E-state index contributed by atoms with van der Waals surface area (Å²) in [7, 11) is -4.07. The molecule has 0 fully saturated rings. The second-order valence-corrected chi connectivity index (χ2v) is 7.58. The van der Waals surface area contributed by atoms with E-state index in [0.717, 1.165) is 18.2 Å². The zero-order chi connectivity index (χ0) is 20.5. The molecule has 1 aromatic heterocycles. The number of sulfonamides is 1. The average Bonchev–Trinajstić information content (AvgIpc) is 2.56. The van der Waals surface area contributed by atoms with Gasteiger partial charge in [-0.2, -0.15) is 13.2 Å². The van der Waals surface area contributed by atoms with Crippen molar-refractivity contribution in [1.29, 1.82) is 0 Å². The van der Waals surface area contributed by atoms with Crippen LogP contribution in [0.4, 0.5) is 24.7 Å². The summed E-state index contributed by atoms with van der Waals surface area (Å²) in [6, 6.07) is 7.51. The number of aliphatic hydroxyl groups is 1. The fourth-order valence-electron chi connectivity index (χ4n) is 1.76. The van der Waals surface area contributed by atoms with Crippen LogP contribution in [-0.2, 0) is 14.8 Å². The maximum Gasteiger partial charge on any atom is 0.426 e. The summed E-state index contributed by atoms with van der Waals surface area (Å²) in [5.74, 6) is -1.72. The summed E-state index contributed by atoms with van der Waals surface area (Å²) in [5, 5.41) is 10.8. The number of benzene rings is 1. The van der Waals surface area contributed by atoms with Crippen molar-refractivity contribution in [2.24, 2.45) is 0 Å². The highest BCUT2D eigenvalue weighted by atomic mass is 35.5. The molecule has 1 aromatic carbocycles. The second kappa shape index (κ2) is 7.33. The van der Waals surface area contributed by atoms with Gasteiger partial charge in [0.2, 0.25) is 5.60 Å². The van der Waals surface area contributed by atoms with Gasteiger partial charge in [0.15, 0.2) is 0 Å². The first kappa shape index (κ1) is 20.9. The van der Waals surface area contributed by atoms with Crippen LogP contribution in [0.5, 0.6) is 0 Å². The third-order valence-electron chi connectivity index (χ3n) is 3.40. The minimum atomic E-state index is -5.21. The first-order valence-electron chi connectivity index (χ1n) is 7.18. The molecule has 27 heavy (non-hydrogen) atoms. The Morgan fingerprint density at radius 2 is 1.89 bits per heavy atom. The number of nitrogens with one attached hydrogen (secondary N) is 2. The number of amides is 1. The Morgan fingerprint density at radius 3 is 2.41 bits per heavy atom. The first-order chi connectivity index (χ1) is 12.3. The lowest BCUT2D eigenvalue weighted by Crippen LogP contribution is -2.52. The third-order valence-corrected chi connectivity index (χ3v) is 5.06. The molecule has 146 valence electrons. The summed E-state index contributed by atoms with van der Waals surface area (Å²) in [4.78, 5) is 15.2. The van der Waals surface area contributed by atoms with Crippen molar-refractivity contribution in [3.8, 4) is 0 Å². The fraction of sp³-hybridized carbons (Fsp3) is 0.200. The summed E-state index contributed by atoms with van der Waals surface area (Å²) in [5.41, 5.74) is -3.95. The molecule has 2 rings (SSSR count). The van der Waals surface area contributed by atoms with E-state index in [9.17, 15) is 31.5 Å². The topological polar surface area (TPSA) is 108 Å². The monoisotopic (exact) mass is 423 g/mol. The van der Waals surface area contributed by atoms with Crippen LogP contribution in [0.25, 0.3) is 0 Å². The van der Waals surface area contributed by atoms with Gasteiger partial charge in [-0.15, -0.1) is 0 Å². The van der Waals surface area contributed by atoms with Crippen LogP contribution >= 0.6 is 11.6 Å². The lowest BCUT2D eigenvalue weighted by molar-refractivity contribution is -0.242. The van der Waals surface area contributed by atoms with Crippen LogP contribution in [0, 0.1) is 0 Å². The quantitative estimate of drug-likeness (QED) is 0.685. The van der Waals surface area contributed by atoms with Crippen molar-refractivity contribution < 1.29 is 31.5 Å². The molecular weight excluding hydrogens is 411 g/mol. The number of halogens is 4. The van der Waals surface area contributed by atoms with Crippen LogP contribution in [-0.4, -0.2) is 36.2 Å². The Morgan fingerprint density at radius 1 is 1.22 bits per heavy atom. The number of pyridine rings is 1. The highest BCUT2D eigenvalue weighted by Gasteiger charge is 2.55. The van der Waals surface area contributed by atoms with E-state index in [1.54, 1.807) is 12.1 Å². The van der Waals surface area contributed by atoms with E-state index in [1.807, 2.05) is 5.32 Å². The number of carbonyl (C=O) groups is 1. The van der Waals surface area contributed by atoms with Gasteiger partial charge in [0.25, 0.3) is 15.9 Å². The van der Waals surface area contributed by atoms with Gasteiger partial charge >= 0.3 is 6.18 Å². The summed E-state index contributed by atoms with van der Waals surface area (Å²) < 4.78 is 64.8. The van der Waals surface area contributed by atoms with E-state index in [1.165, 1.54) is 12.3 Å². The molecule has 0 saturated carbocycles. The van der Waals surface area contributed by atoms with Gasteiger partial charge in [-0.1, -0.05) is 17.7 Å². The van der Waals surface area contributed by atoms with Crippen LogP contribution in [0.3, 0.4) is 0 Å². The molecule has 0 aliphatic rings. The molecule has 1 unspecified atom stereocenters. The lowest BCUT2D eigenvalue weighted by Gasteiger charge is -2.25. The number of aromatic nitrogens is 1. The molecule has 1 atom stereocenters. The molecule has 1 amide bonds. The molecule has 3 N–H and O–H groups in total. The normalized spacial score (nSPS) is 14.3. The lowest BCUT2D eigenvalue weighted by atomic mass is 10.1. The Labute approximate surface area is 157 Å². The highest BCUT2D eigenvalue weighted by molar-refractivity contribution is 7.92. The Hall–Kier alpha value is -2.37. The second-order valence-electron chi connectivity index (χ2n) is 5.49. The van der Waals surface area contributed by atoms with Gasteiger partial charge in [-0.3, -0.25) is 9.52 Å². The maximum atomic E-state index is 12.7. The Balaban J connectivity index is 2.24. The van der Waals surface area contributed by atoms with Gasteiger partial charge in [0.1, 0.15) is 5.82 Å². The Kier molecular flexibility index (Phi) is 5.68. The number of alkyl halides is 3. The molecule has 0 saturated heterocycles. The smallest absolute Gasteiger partial charge is 0.373 e. The molecule has 1 heterocycles. The van der Waals surface area contributed by atoms with Crippen molar-refractivity contribution in [3.05, 3.63) is 47.6 Å². The number of hydrogen-bond donors (Lipinski definition) is 3. The van der Waals surface area contributed by atoms with Crippen LogP contribution in [0.15, 0.2) is 47.5 Å². The maximum absolute atomic E-state index is 12.7. The van der Waals surface area contributed by atoms with E-state index < -0.39 is 27.7 Å².